The summed E-state index contributed by atoms with van der Waals surface area (Å²) in [6.45, 7) is 0. The first-order valence-electron chi connectivity index (χ1n) is 5.85. The van der Waals surface area contributed by atoms with Crippen LogP contribution in [0.15, 0.2) is 18.2 Å². The molecule has 1 fully saturated rings. The fourth-order valence-electron chi connectivity index (χ4n) is 2.23. The molecule has 1 aliphatic rings. The molecule has 0 bridgehead atoms. The van der Waals surface area contributed by atoms with Crippen molar-refractivity contribution in [3.05, 3.63) is 34.6 Å². The Bertz CT molecular complexity index is 363. The zero-order valence-electron chi connectivity index (χ0n) is 9.26. The predicted molar refractivity (Wildman–Crippen MR) is 65.0 cm³/mol. The fourth-order valence-corrected chi connectivity index (χ4v) is 2.43. The molecule has 0 radical (unpaired) electrons. The summed E-state index contributed by atoms with van der Waals surface area (Å²) in [6, 6.07) is 5.02. The number of rotatable bonds is 4. The highest BCUT2D eigenvalue weighted by Crippen LogP contribution is 2.31. The van der Waals surface area contributed by atoms with Gasteiger partial charge in [-0.3, -0.25) is 0 Å². The van der Waals surface area contributed by atoms with E-state index in [2.05, 4.69) is 0 Å². The fraction of sp³-hybridized carbons (Fsp3) is 0.538. The van der Waals surface area contributed by atoms with E-state index in [0.29, 0.717) is 6.42 Å². The van der Waals surface area contributed by atoms with Gasteiger partial charge in [-0.1, -0.05) is 43.0 Å². The largest absolute Gasteiger partial charge is 0.327 e. The van der Waals surface area contributed by atoms with E-state index in [9.17, 15) is 4.39 Å². The van der Waals surface area contributed by atoms with Crippen molar-refractivity contribution < 1.29 is 4.39 Å². The lowest BCUT2D eigenvalue weighted by atomic mass is 9.80. The molecule has 0 saturated heterocycles. The minimum atomic E-state index is -0.352. The Kier molecular flexibility index (Phi) is 3.82. The van der Waals surface area contributed by atoms with Crippen molar-refractivity contribution in [2.75, 3.05) is 0 Å². The second-order valence-corrected chi connectivity index (χ2v) is 5.09. The van der Waals surface area contributed by atoms with Crippen molar-refractivity contribution >= 4 is 11.6 Å². The van der Waals surface area contributed by atoms with Crippen molar-refractivity contribution in [3.63, 3.8) is 0 Å². The number of benzene rings is 1. The van der Waals surface area contributed by atoms with Crippen LogP contribution in [0.3, 0.4) is 0 Å². The third-order valence-electron chi connectivity index (χ3n) is 3.37. The van der Waals surface area contributed by atoms with Gasteiger partial charge in [-0.2, -0.15) is 0 Å². The summed E-state index contributed by atoms with van der Waals surface area (Å²) in [5.74, 6) is 0.428. The summed E-state index contributed by atoms with van der Waals surface area (Å²) < 4.78 is 13.2. The molecule has 88 valence electrons. The molecule has 0 heterocycles. The molecule has 16 heavy (non-hydrogen) atoms. The van der Waals surface area contributed by atoms with E-state index in [1.165, 1.54) is 25.3 Å². The maximum Gasteiger partial charge on any atom is 0.142 e. The zero-order chi connectivity index (χ0) is 11.5. The van der Waals surface area contributed by atoms with Gasteiger partial charge in [0.15, 0.2) is 0 Å². The molecule has 0 spiro atoms. The summed E-state index contributed by atoms with van der Waals surface area (Å²) in [7, 11) is 0. The first kappa shape index (κ1) is 11.9. The summed E-state index contributed by atoms with van der Waals surface area (Å²) in [4.78, 5) is 0. The third-order valence-corrected chi connectivity index (χ3v) is 3.80. The lowest BCUT2D eigenvalue weighted by Crippen LogP contribution is -2.28. The van der Waals surface area contributed by atoms with E-state index in [1.807, 2.05) is 6.07 Å². The number of hydrogen-bond donors (Lipinski definition) is 1. The van der Waals surface area contributed by atoms with E-state index in [-0.39, 0.29) is 16.9 Å². The van der Waals surface area contributed by atoms with Gasteiger partial charge in [0.2, 0.25) is 0 Å². The van der Waals surface area contributed by atoms with E-state index in [4.69, 9.17) is 17.3 Å². The Hall–Kier alpha value is -0.600. The van der Waals surface area contributed by atoms with Crippen LogP contribution < -0.4 is 5.73 Å². The minimum absolute atomic E-state index is 0.101. The highest BCUT2D eigenvalue weighted by molar-refractivity contribution is 6.31. The summed E-state index contributed by atoms with van der Waals surface area (Å²) in [5.41, 5.74) is 6.88. The second-order valence-electron chi connectivity index (χ2n) is 4.71. The molecular weight excluding hydrogens is 225 g/mol. The standard InChI is InChI=1S/C13H17ClFN/c14-13-10(5-2-6-12(13)15)8-11(16)7-9-3-1-4-9/h2,5-6,9,11H,1,3-4,7-8,16H2. The quantitative estimate of drug-likeness (QED) is 0.857. The molecule has 1 aromatic carbocycles. The normalized spacial score (nSPS) is 18.2. The molecule has 1 nitrogen and oxygen atoms in total. The molecule has 1 aliphatic carbocycles. The van der Waals surface area contributed by atoms with Crippen LogP contribution in [0.2, 0.25) is 5.02 Å². The van der Waals surface area contributed by atoms with Gasteiger partial charge in [-0.05, 0) is 30.4 Å². The van der Waals surface area contributed by atoms with Gasteiger partial charge < -0.3 is 5.73 Å². The maximum absolute atomic E-state index is 13.2. The van der Waals surface area contributed by atoms with Crippen LogP contribution in [0.5, 0.6) is 0 Å². The molecule has 1 atom stereocenters. The number of hydrogen-bond acceptors (Lipinski definition) is 1. The first-order valence-corrected chi connectivity index (χ1v) is 6.23. The van der Waals surface area contributed by atoms with Crippen LogP contribution in [-0.2, 0) is 6.42 Å². The van der Waals surface area contributed by atoms with Gasteiger partial charge in [0.25, 0.3) is 0 Å². The lowest BCUT2D eigenvalue weighted by molar-refractivity contribution is 0.275. The Morgan fingerprint density at radius 3 is 2.81 bits per heavy atom. The van der Waals surface area contributed by atoms with Gasteiger partial charge in [-0.25, -0.2) is 4.39 Å². The average Bonchev–Trinajstić information content (AvgIpc) is 2.19. The Morgan fingerprint density at radius 2 is 2.19 bits per heavy atom. The van der Waals surface area contributed by atoms with Gasteiger partial charge in [-0.15, -0.1) is 0 Å². The van der Waals surface area contributed by atoms with E-state index in [1.54, 1.807) is 6.07 Å². The predicted octanol–water partition coefficient (Wildman–Crippen LogP) is 3.54. The molecule has 2 rings (SSSR count). The Labute approximate surface area is 101 Å². The van der Waals surface area contributed by atoms with Crippen LogP contribution in [0.4, 0.5) is 4.39 Å². The monoisotopic (exact) mass is 241 g/mol. The first-order chi connectivity index (χ1) is 7.66. The summed E-state index contributed by atoms with van der Waals surface area (Å²) in [5, 5.41) is 0.228. The molecular formula is C13H17ClFN. The van der Waals surface area contributed by atoms with Gasteiger partial charge in [0.1, 0.15) is 5.82 Å². The Morgan fingerprint density at radius 1 is 1.44 bits per heavy atom. The van der Waals surface area contributed by atoms with Crippen molar-refractivity contribution in [1.29, 1.82) is 0 Å². The van der Waals surface area contributed by atoms with E-state index < -0.39 is 0 Å². The van der Waals surface area contributed by atoms with E-state index >= 15 is 0 Å². The van der Waals surface area contributed by atoms with Crippen LogP contribution in [0.1, 0.15) is 31.2 Å². The van der Waals surface area contributed by atoms with Crippen LogP contribution in [-0.4, -0.2) is 6.04 Å². The molecule has 0 aliphatic heterocycles. The third kappa shape index (κ3) is 2.74. The second kappa shape index (κ2) is 5.15. The number of halogens is 2. The molecule has 0 aromatic heterocycles. The van der Waals surface area contributed by atoms with Crippen molar-refractivity contribution in [2.24, 2.45) is 11.7 Å². The van der Waals surface area contributed by atoms with Crippen LogP contribution in [0, 0.1) is 11.7 Å². The lowest BCUT2D eigenvalue weighted by Gasteiger charge is -2.28. The maximum atomic E-state index is 13.2. The summed E-state index contributed by atoms with van der Waals surface area (Å²) in [6.07, 6.45) is 5.63. The zero-order valence-corrected chi connectivity index (χ0v) is 10.0. The van der Waals surface area contributed by atoms with Crippen molar-refractivity contribution in [3.8, 4) is 0 Å². The molecule has 3 heteroatoms. The molecule has 2 N–H and O–H groups in total. The number of nitrogens with two attached hydrogens (primary N) is 1. The average molecular weight is 242 g/mol. The van der Waals surface area contributed by atoms with Crippen LogP contribution >= 0.6 is 11.6 Å². The highest BCUT2D eigenvalue weighted by atomic mass is 35.5. The molecule has 0 amide bonds. The van der Waals surface area contributed by atoms with E-state index in [0.717, 1.165) is 17.9 Å². The van der Waals surface area contributed by atoms with Gasteiger partial charge in [0, 0.05) is 6.04 Å². The van der Waals surface area contributed by atoms with Gasteiger partial charge in [0.05, 0.1) is 5.02 Å². The van der Waals surface area contributed by atoms with Crippen molar-refractivity contribution in [2.45, 2.75) is 38.1 Å². The molecule has 1 unspecified atom stereocenters. The Balaban J connectivity index is 1.94. The molecule has 1 aromatic rings. The summed E-state index contributed by atoms with van der Waals surface area (Å²) >= 11 is 5.89. The smallest absolute Gasteiger partial charge is 0.142 e. The topological polar surface area (TPSA) is 26.0 Å². The van der Waals surface area contributed by atoms with Crippen molar-refractivity contribution in [1.82, 2.24) is 0 Å². The highest BCUT2D eigenvalue weighted by Gasteiger charge is 2.21. The SMILES string of the molecule is NC(Cc1cccc(F)c1Cl)CC1CCC1. The minimum Gasteiger partial charge on any atom is -0.327 e. The van der Waals surface area contributed by atoms with Gasteiger partial charge >= 0.3 is 0 Å². The molecule has 1 saturated carbocycles. The van der Waals surface area contributed by atoms with Crippen LogP contribution in [0.25, 0.3) is 0 Å².